The number of aliphatic carboxylic acids is 1. The Bertz CT molecular complexity index is 469. The van der Waals surface area contributed by atoms with Crippen LogP contribution >= 0.6 is 0 Å². The van der Waals surface area contributed by atoms with Crippen molar-refractivity contribution >= 4 is 21.8 Å². The molecule has 3 N–H and O–H groups in total. The van der Waals surface area contributed by atoms with E-state index in [1.165, 1.54) is 0 Å². The van der Waals surface area contributed by atoms with Gasteiger partial charge in [0.1, 0.15) is 15.4 Å². The Morgan fingerprint density at radius 1 is 1.19 bits per heavy atom. The summed E-state index contributed by atoms with van der Waals surface area (Å²) in [5.41, 5.74) is -1.18. The Hall–Kier alpha value is -1.31. The van der Waals surface area contributed by atoms with Gasteiger partial charge in [0.25, 0.3) is 0 Å². The second-order valence-electron chi connectivity index (χ2n) is 5.42. The smallest absolute Gasteiger partial charge is 0.329 e. The van der Waals surface area contributed by atoms with Crippen LogP contribution in [-0.2, 0) is 14.6 Å². The first-order valence-electron chi connectivity index (χ1n) is 7.31. The van der Waals surface area contributed by atoms with Gasteiger partial charge in [-0.2, -0.15) is 0 Å². The molecule has 1 aliphatic rings. The highest BCUT2D eigenvalue weighted by Crippen LogP contribution is 2.28. The molecule has 7 nitrogen and oxygen atoms in total. The van der Waals surface area contributed by atoms with Crippen LogP contribution in [0.25, 0.3) is 0 Å². The molecule has 0 radical (unpaired) electrons. The number of urea groups is 1. The first kappa shape index (κ1) is 17.7. The lowest BCUT2D eigenvalue weighted by Crippen LogP contribution is -2.58. The zero-order valence-electron chi connectivity index (χ0n) is 12.4. The molecule has 0 aromatic heterocycles. The normalized spacial score (nSPS) is 18.0. The Labute approximate surface area is 125 Å². The molecule has 1 aliphatic carbocycles. The number of hydrogen-bond acceptors (Lipinski definition) is 4. The van der Waals surface area contributed by atoms with Crippen LogP contribution in [0, 0.1) is 0 Å². The molecule has 0 atom stereocenters. The standard InChI is InChI=1S/C13H24N2O5S/c1-2-21(19,20)10-6-9-14-12(18)15-13(11(16)17)7-4-3-5-8-13/h2-10H2,1H3,(H,16,17)(H2,14,15,18). The first-order valence-corrected chi connectivity index (χ1v) is 9.13. The summed E-state index contributed by atoms with van der Waals surface area (Å²) in [7, 11) is -3.04. The molecule has 0 unspecified atom stereocenters. The lowest BCUT2D eigenvalue weighted by molar-refractivity contribution is -0.145. The average molecular weight is 320 g/mol. The molecule has 0 bridgehead atoms. The van der Waals surface area contributed by atoms with E-state index < -0.39 is 27.4 Å². The van der Waals surface area contributed by atoms with Crippen molar-refractivity contribution in [1.29, 1.82) is 0 Å². The fourth-order valence-electron chi connectivity index (χ4n) is 2.45. The number of nitrogens with one attached hydrogen (secondary N) is 2. The number of carboxylic acid groups (broad SMARTS) is 1. The van der Waals surface area contributed by atoms with Gasteiger partial charge in [0.2, 0.25) is 0 Å². The number of carbonyl (C=O) groups is 2. The topological polar surface area (TPSA) is 113 Å². The van der Waals surface area contributed by atoms with Gasteiger partial charge in [-0.3, -0.25) is 0 Å². The predicted molar refractivity (Wildman–Crippen MR) is 78.9 cm³/mol. The molecule has 1 fully saturated rings. The summed E-state index contributed by atoms with van der Waals surface area (Å²) >= 11 is 0. The number of rotatable bonds is 7. The Morgan fingerprint density at radius 3 is 2.33 bits per heavy atom. The molecule has 21 heavy (non-hydrogen) atoms. The van der Waals surface area contributed by atoms with Gasteiger partial charge >= 0.3 is 12.0 Å². The summed E-state index contributed by atoms with van der Waals surface area (Å²) in [5.74, 6) is -0.902. The second kappa shape index (κ2) is 7.63. The van der Waals surface area contributed by atoms with Gasteiger partial charge in [0, 0.05) is 12.3 Å². The van der Waals surface area contributed by atoms with Crippen molar-refractivity contribution in [3.8, 4) is 0 Å². The quantitative estimate of drug-likeness (QED) is 0.603. The molecule has 8 heteroatoms. The minimum absolute atomic E-state index is 0.0217. The summed E-state index contributed by atoms with van der Waals surface area (Å²) < 4.78 is 22.6. The molecule has 0 saturated heterocycles. The molecule has 0 spiro atoms. The van der Waals surface area contributed by atoms with Gasteiger partial charge < -0.3 is 15.7 Å². The zero-order valence-corrected chi connectivity index (χ0v) is 13.2. The average Bonchev–Trinajstić information content (AvgIpc) is 2.44. The van der Waals surface area contributed by atoms with Gasteiger partial charge in [0.15, 0.2) is 0 Å². The van der Waals surface area contributed by atoms with Crippen molar-refractivity contribution in [2.75, 3.05) is 18.1 Å². The van der Waals surface area contributed by atoms with Crippen molar-refractivity contribution in [2.24, 2.45) is 0 Å². The van der Waals surface area contributed by atoms with E-state index >= 15 is 0 Å². The van der Waals surface area contributed by atoms with Crippen LogP contribution in [0.5, 0.6) is 0 Å². The highest BCUT2D eigenvalue weighted by Gasteiger charge is 2.40. The maximum atomic E-state index is 11.8. The van der Waals surface area contributed by atoms with E-state index in [0.717, 1.165) is 19.3 Å². The van der Waals surface area contributed by atoms with Crippen molar-refractivity contribution < 1.29 is 23.1 Å². The van der Waals surface area contributed by atoms with Gasteiger partial charge in [0.05, 0.1) is 5.75 Å². The molecule has 1 saturated carbocycles. The number of hydrogen-bond donors (Lipinski definition) is 3. The molecule has 1 rings (SSSR count). The molecule has 0 heterocycles. The highest BCUT2D eigenvalue weighted by atomic mass is 32.2. The van der Waals surface area contributed by atoms with E-state index in [4.69, 9.17) is 0 Å². The van der Waals surface area contributed by atoms with E-state index in [0.29, 0.717) is 19.3 Å². The van der Waals surface area contributed by atoms with E-state index in [1.807, 2.05) is 0 Å². The monoisotopic (exact) mass is 320 g/mol. The Balaban J connectivity index is 2.40. The van der Waals surface area contributed by atoms with Crippen LogP contribution in [0.3, 0.4) is 0 Å². The Kier molecular flexibility index (Phi) is 6.44. The molecular formula is C13H24N2O5S. The predicted octanol–water partition coefficient (Wildman–Crippen LogP) is 0.898. The summed E-state index contributed by atoms with van der Waals surface area (Å²) in [6.45, 7) is 1.79. The van der Waals surface area contributed by atoms with Crippen LogP contribution in [0.1, 0.15) is 45.4 Å². The number of amides is 2. The lowest BCUT2D eigenvalue weighted by Gasteiger charge is -2.33. The van der Waals surface area contributed by atoms with Crippen LogP contribution in [-0.4, -0.2) is 49.1 Å². The fraction of sp³-hybridized carbons (Fsp3) is 0.846. The second-order valence-corrected chi connectivity index (χ2v) is 7.89. The van der Waals surface area contributed by atoms with Gasteiger partial charge in [-0.15, -0.1) is 0 Å². The van der Waals surface area contributed by atoms with E-state index in [-0.39, 0.29) is 18.1 Å². The lowest BCUT2D eigenvalue weighted by atomic mass is 9.82. The molecule has 0 aromatic rings. The third-order valence-electron chi connectivity index (χ3n) is 3.83. The summed E-state index contributed by atoms with van der Waals surface area (Å²) in [6, 6.07) is -0.548. The van der Waals surface area contributed by atoms with Crippen molar-refractivity contribution in [2.45, 2.75) is 51.0 Å². The fourth-order valence-corrected chi connectivity index (χ4v) is 3.32. The van der Waals surface area contributed by atoms with E-state index in [1.54, 1.807) is 6.92 Å². The van der Waals surface area contributed by atoms with E-state index in [9.17, 15) is 23.1 Å². The van der Waals surface area contributed by atoms with Crippen LogP contribution in [0.15, 0.2) is 0 Å². The third-order valence-corrected chi connectivity index (χ3v) is 5.62. The molecular weight excluding hydrogens is 296 g/mol. The molecule has 0 aromatic carbocycles. The minimum atomic E-state index is -3.04. The van der Waals surface area contributed by atoms with Crippen LogP contribution < -0.4 is 10.6 Å². The van der Waals surface area contributed by atoms with Gasteiger partial charge in [-0.05, 0) is 19.3 Å². The van der Waals surface area contributed by atoms with Crippen LogP contribution in [0.4, 0.5) is 4.79 Å². The maximum Gasteiger partial charge on any atom is 0.329 e. The van der Waals surface area contributed by atoms with Crippen LogP contribution in [0.2, 0.25) is 0 Å². The van der Waals surface area contributed by atoms with Gasteiger partial charge in [-0.25, -0.2) is 18.0 Å². The number of carbonyl (C=O) groups excluding carboxylic acids is 1. The third kappa shape index (κ3) is 5.53. The minimum Gasteiger partial charge on any atom is -0.480 e. The molecule has 122 valence electrons. The molecule has 0 aliphatic heterocycles. The van der Waals surface area contributed by atoms with Gasteiger partial charge in [-0.1, -0.05) is 26.2 Å². The summed E-state index contributed by atoms with van der Waals surface area (Å²) in [4.78, 5) is 23.2. The number of sulfone groups is 1. The summed E-state index contributed by atoms with van der Waals surface area (Å²) in [5, 5.41) is 14.4. The maximum absolute atomic E-state index is 11.8. The van der Waals surface area contributed by atoms with E-state index in [2.05, 4.69) is 10.6 Å². The SMILES string of the molecule is CCS(=O)(=O)CCCNC(=O)NC1(C(=O)O)CCCCC1. The van der Waals surface area contributed by atoms with Crippen molar-refractivity contribution in [1.82, 2.24) is 10.6 Å². The van der Waals surface area contributed by atoms with Crippen molar-refractivity contribution in [3.05, 3.63) is 0 Å². The zero-order chi connectivity index (χ0) is 15.9. The first-order chi connectivity index (χ1) is 9.81. The summed E-state index contributed by atoms with van der Waals surface area (Å²) in [6.07, 6.45) is 3.72. The largest absolute Gasteiger partial charge is 0.480 e. The molecule has 2 amide bonds. The Morgan fingerprint density at radius 2 is 1.81 bits per heavy atom. The van der Waals surface area contributed by atoms with Crippen molar-refractivity contribution in [3.63, 3.8) is 0 Å². The number of carboxylic acids is 1. The highest BCUT2D eigenvalue weighted by molar-refractivity contribution is 7.91.